The van der Waals surface area contributed by atoms with Crippen LogP contribution in [0.5, 0.6) is 0 Å². The van der Waals surface area contributed by atoms with Crippen LogP contribution in [-0.4, -0.2) is 55.5 Å². The Hall–Kier alpha value is -0.610. The van der Waals surface area contributed by atoms with Crippen LogP contribution in [0.1, 0.15) is 45.4 Å². The summed E-state index contributed by atoms with van der Waals surface area (Å²) in [5.41, 5.74) is 5.48. The number of carbonyl (C=O) groups is 1. The molecule has 0 aliphatic carbocycles. The smallest absolute Gasteiger partial charge is 0.236 e. The van der Waals surface area contributed by atoms with Gasteiger partial charge in [0.05, 0.1) is 6.54 Å². The van der Waals surface area contributed by atoms with Gasteiger partial charge in [0.25, 0.3) is 0 Å². The lowest BCUT2D eigenvalue weighted by Crippen LogP contribution is -2.39. The molecule has 19 heavy (non-hydrogen) atoms. The Bertz CT molecular complexity index is 258. The van der Waals surface area contributed by atoms with E-state index in [2.05, 4.69) is 11.8 Å². The van der Waals surface area contributed by atoms with Crippen LogP contribution >= 0.6 is 0 Å². The topological polar surface area (TPSA) is 49.6 Å². The van der Waals surface area contributed by atoms with Crippen LogP contribution in [0.4, 0.5) is 0 Å². The second-order valence-corrected chi connectivity index (χ2v) is 5.82. The maximum Gasteiger partial charge on any atom is 0.236 e. The number of likely N-dealkylation sites (N-methyl/N-ethyl adjacent to an activating group) is 1. The molecule has 1 saturated heterocycles. The van der Waals surface area contributed by atoms with Gasteiger partial charge >= 0.3 is 0 Å². The Balaban J connectivity index is 2.30. The summed E-state index contributed by atoms with van der Waals surface area (Å²) in [6.45, 7) is 6.44. The van der Waals surface area contributed by atoms with Gasteiger partial charge in [-0.2, -0.15) is 0 Å². The first-order valence-electron chi connectivity index (χ1n) is 7.83. The first-order valence-corrected chi connectivity index (χ1v) is 7.83. The van der Waals surface area contributed by atoms with Crippen molar-refractivity contribution in [1.29, 1.82) is 0 Å². The highest BCUT2D eigenvalue weighted by atomic mass is 16.2. The first kappa shape index (κ1) is 16.4. The Morgan fingerprint density at radius 2 is 2.16 bits per heavy atom. The standard InChI is InChI=1S/C15H31N3O/c1-3-6-14-7-4-11-18(12-8-14)13-15(19)17(2)10-5-9-16/h14H,3-13,16H2,1-2H3. The molecule has 0 saturated carbocycles. The number of rotatable bonds is 7. The number of carbonyl (C=O) groups excluding carboxylic acids is 1. The molecule has 4 heteroatoms. The second-order valence-electron chi connectivity index (χ2n) is 5.82. The van der Waals surface area contributed by atoms with E-state index >= 15 is 0 Å². The lowest BCUT2D eigenvalue weighted by molar-refractivity contribution is -0.131. The molecule has 0 spiro atoms. The Morgan fingerprint density at radius 1 is 1.37 bits per heavy atom. The van der Waals surface area contributed by atoms with Crippen molar-refractivity contribution < 1.29 is 4.79 Å². The summed E-state index contributed by atoms with van der Waals surface area (Å²) >= 11 is 0. The molecule has 0 aromatic heterocycles. The van der Waals surface area contributed by atoms with Crippen molar-refractivity contribution in [3.63, 3.8) is 0 Å². The third-order valence-corrected chi connectivity index (χ3v) is 4.12. The average molecular weight is 269 g/mol. The fraction of sp³-hybridized carbons (Fsp3) is 0.933. The molecule has 0 aromatic carbocycles. The molecule has 1 amide bonds. The zero-order valence-corrected chi connectivity index (χ0v) is 12.7. The highest BCUT2D eigenvalue weighted by Crippen LogP contribution is 2.21. The molecule has 2 N–H and O–H groups in total. The molecule has 112 valence electrons. The number of hydrogen-bond acceptors (Lipinski definition) is 3. The SMILES string of the molecule is CCCC1CCCN(CC(=O)N(C)CCCN)CC1. The van der Waals surface area contributed by atoms with Gasteiger partial charge in [0.2, 0.25) is 5.91 Å². The van der Waals surface area contributed by atoms with Gasteiger partial charge in [0.1, 0.15) is 0 Å². The van der Waals surface area contributed by atoms with Gasteiger partial charge < -0.3 is 10.6 Å². The van der Waals surface area contributed by atoms with E-state index in [0.717, 1.165) is 32.0 Å². The van der Waals surface area contributed by atoms with Crippen molar-refractivity contribution in [3.05, 3.63) is 0 Å². The second kappa shape index (κ2) is 9.32. The molecule has 1 atom stereocenters. The highest BCUT2D eigenvalue weighted by molar-refractivity contribution is 5.77. The van der Waals surface area contributed by atoms with Crippen LogP contribution in [0, 0.1) is 5.92 Å². The van der Waals surface area contributed by atoms with E-state index in [1.807, 2.05) is 11.9 Å². The van der Waals surface area contributed by atoms with Gasteiger partial charge in [-0.25, -0.2) is 0 Å². The minimum Gasteiger partial charge on any atom is -0.345 e. The summed E-state index contributed by atoms with van der Waals surface area (Å²) in [6.07, 6.45) is 7.35. The average Bonchev–Trinajstić information content (AvgIpc) is 2.62. The number of nitrogens with zero attached hydrogens (tertiary/aromatic N) is 2. The van der Waals surface area contributed by atoms with E-state index in [4.69, 9.17) is 5.73 Å². The maximum absolute atomic E-state index is 12.1. The van der Waals surface area contributed by atoms with Gasteiger partial charge in [-0.15, -0.1) is 0 Å². The summed E-state index contributed by atoms with van der Waals surface area (Å²) in [4.78, 5) is 16.2. The predicted molar refractivity (Wildman–Crippen MR) is 80.0 cm³/mol. The van der Waals surface area contributed by atoms with Crippen molar-refractivity contribution in [3.8, 4) is 0 Å². The predicted octanol–water partition coefficient (Wildman–Crippen LogP) is 1.70. The summed E-state index contributed by atoms with van der Waals surface area (Å²) in [7, 11) is 1.88. The molecule has 4 nitrogen and oxygen atoms in total. The maximum atomic E-state index is 12.1. The molecule has 0 bridgehead atoms. The molecular weight excluding hydrogens is 238 g/mol. The van der Waals surface area contributed by atoms with Crippen LogP contribution in [0.15, 0.2) is 0 Å². The molecule has 0 aromatic rings. The van der Waals surface area contributed by atoms with Crippen LogP contribution in [0.2, 0.25) is 0 Å². The molecule has 1 aliphatic rings. The van der Waals surface area contributed by atoms with E-state index in [1.165, 1.54) is 32.1 Å². The molecule has 0 radical (unpaired) electrons. The summed E-state index contributed by atoms with van der Waals surface area (Å²) in [6, 6.07) is 0. The van der Waals surface area contributed by atoms with E-state index in [9.17, 15) is 4.79 Å². The normalized spacial score (nSPS) is 21.1. The highest BCUT2D eigenvalue weighted by Gasteiger charge is 2.19. The van der Waals surface area contributed by atoms with Crippen molar-refractivity contribution in [1.82, 2.24) is 9.80 Å². The summed E-state index contributed by atoms with van der Waals surface area (Å²) in [5.74, 6) is 1.11. The molecular formula is C15H31N3O. The summed E-state index contributed by atoms with van der Waals surface area (Å²) < 4.78 is 0. The quantitative estimate of drug-likeness (QED) is 0.765. The molecule has 1 heterocycles. The van der Waals surface area contributed by atoms with Crippen LogP contribution in [0.25, 0.3) is 0 Å². The monoisotopic (exact) mass is 269 g/mol. The Morgan fingerprint density at radius 3 is 2.84 bits per heavy atom. The Kier molecular flexibility index (Phi) is 8.07. The minimum absolute atomic E-state index is 0.238. The minimum atomic E-state index is 0.238. The third kappa shape index (κ3) is 6.39. The van der Waals surface area contributed by atoms with Gasteiger partial charge in [0, 0.05) is 13.6 Å². The van der Waals surface area contributed by atoms with Crippen LogP contribution in [-0.2, 0) is 4.79 Å². The fourth-order valence-corrected chi connectivity index (χ4v) is 2.85. The van der Waals surface area contributed by atoms with E-state index < -0.39 is 0 Å². The zero-order chi connectivity index (χ0) is 14.1. The number of amides is 1. The fourth-order valence-electron chi connectivity index (χ4n) is 2.85. The van der Waals surface area contributed by atoms with Gasteiger partial charge in [-0.3, -0.25) is 9.69 Å². The van der Waals surface area contributed by atoms with Crippen molar-refractivity contribution in [2.24, 2.45) is 11.7 Å². The van der Waals surface area contributed by atoms with Gasteiger partial charge in [-0.05, 0) is 51.2 Å². The zero-order valence-electron chi connectivity index (χ0n) is 12.7. The largest absolute Gasteiger partial charge is 0.345 e. The first-order chi connectivity index (χ1) is 9.17. The van der Waals surface area contributed by atoms with Crippen molar-refractivity contribution >= 4 is 5.91 Å². The molecule has 1 aliphatic heterocycles. The molecule has 1 unspecified atom stereocenters. The van der Waals surface area contributed by atoms with E-state index in [0.29, 0.717) is 13.1 Å². The molecule has 1 rings (SSSR count). The lowest BCUT2D eigenvalue weighted by Gasteiger charge is -2.23. The third-order valence-electron chi connectivity index (χ3n) is 4.12. The van der Waals surface area contributed by atoms with Crippen molar-refractivity contribution in [2.75, 3.05) is 39.8 Å². The van der Waals surface area contributed by atoms with Crippen LogP contribution in [0.3, 0.4) is 0 Å². The van der Waals surface area contributed by atoms with Crippen LogP contribution < -0.4 is 5.73 Å². The van der Waals surface area contributed by atoms with Crippen molar-refractivity contribution in [2.45, 2.75) is 45.4 Å². The Labute approximate surface area is 118 Å². The number of nitrogens with two attached hydrogens (primary N) is 1. The van der Waals surface area contributed by atoms with Gasteiger partial charge in [0.15, 0.2) is 0 Å². The number of likely N-dealkylation sites (tertiary alicyclic amines) is 1. The van der Waals surface area contributed by atoms with E-state index in [-0.39, 0.29) is 5.91 Å². The summed E-state index contributed by atoms with van der Waals surface area (Å²) in [5, 5.41) is 0. The van der Waals surface area contributed by atoms with E-state index in [1.54, 1.807) is 0 Å². The number of hydrogen-bond donors (Lipinski definition) is 1. The van der Waals surface area contributed by atoms with Gasteiger partial charge in [-0.1, -0.05) is 19.8 Å². The lowest BCUT2D eigenvalue weighted by atomic mass is 9.96. The molecule has 1 fully saturated rings.